The van der Waals surface area contributed by atoms with Crippen LogP contribution in [0.2, 0.25) is 5.02 Å². The highest BCUT2D eigenvalue weighted by Gasteiger charge is 2.19. The molecule has 5 heteroatoms. The fourth-order valence-corrected chi connectivity index (χ4v) is 3.81. The number of piperazine rings is 1. The maximum absolute atomic E-state index is 6.31. The molecule has 0 N–H and O–H groups in total. The van der Waals surface area contributed by atoms with Crippen LogP contribution in [0.3, 0.4) is 0 Å². The minimum Gasteiger partial charge on any atom is -0.457 e. The zero-order valence-electron chi connectivity index (χ0n) is 15.7. The molecule has 4 rings (SSSR count). The predicted octanol–water partition coefficient (Wildman–Crippen LogP) is 4.14. The average Bonchev–Trinajstić information content (AvgIpc) is 2.67. The Morgan fingerprint density at radius 3 is 2.52 bits per heavy atom. The summed E-state index contributed by atoms with van der Waals surface area (Å²) in [6, 6.07) is 13.9. The van der Waals surface area contributed by atoms with Crippen molar-refractivity contribution in [1.82, 2.24) is 9.80 Å². The lowest BCUT2D eigenvalue weighted by Gasteiger charge is -2.32. The summed E-state index contributed by atoms with van der Waals surface area (Å²) >= 11 is 6.31. The van der Waals surface area contributed by atoms with Gasteiger partial charge in [0, 0.05) is 48.9 Å². The van der Waals surface area contributed by atoms with Crippen LogP contribution >= 0.6 is 11.6 Å². The fourth-order valence-electron chi connectivity index (χ4n) is 3.64. The normalized spacial score (nSPS) is 19.4. The second-order valence-electron chi connectivity index (χ2n) is 7.09. The molecule has 27 heavy (non-hydrogen) atoms. The van der Waals surface area contributed by atoms with E-state index < -0.39 is 0 Å². The molecule has 4 nitrogen and oxygen atoms in total. The maximum Gasteiger partial charge on any atom is 0.230 e. The van der Waals surface area contributed by atoms with Crippen molar-refractivity contribution in [3.63, 3.8) is 0 Å². The third-order valence-corrected chi connectivity index (χ3v) is 5.46. The molecule has 2 aromatic carbocycles. The first-order valence-electron chi connectivity index (χ1n) is 9.47. The van der Waals surface area contributed by atoms with Crippen LogP contribution < -0.4 is 9.47 Å². The summed E-state index contributed by atoms with van der Waals surface area (Å²) in [6.45, 7) is 5.78. The van der Waals surface area contributed by atoms with Gasteiger partial charge in [0.1, 0.15) is 11.5 Å². The lowest BCUT2D eigenvalue weighted by molar-refractivity contribution is 0.118. The monoisotopic (exact) mass is 384 g/mol. The van der Waals surface area contributed by atoms with Gasteiger partial charge >= 0.3 is 0 Å². The second kappa shape index (κ2) is 8.34. The molecule has 0 spiro atoms. The van der Waals surface area contributed by atoms with Gasteiger partial charge < -0.3 is 19.3 Å². The molecule has 2 aliphatic heterocycles. The molecule has 142 valence electrons. The van der Waals surface area contributed by atoms with Crippen LogP contribution in [0.5, 0.6) is 11.5 Å². The van der Waals surface area contributed by atoms with Crippen molar-refractivity contribution >= 4 is 17.2 Å². The summed E-state index contributed by atoms with van der Waals surface area (Å²) < 4.78 is 11.7. The van der Waals surface area contributed by atoms with Gasteiger partial charge in [-0.3, -0.25) is 0 Å². The number of rotatable bonds is 3. The van der Waals surface area contributed by atoms with E-state index in [-0.39, 0.29) is 6.79 Å². The highest BCUT2D eigenvalue weighted by Crippen LogP contribution is 2.39. The first kappa shape index (κ1) is 18.4. The summed E-state index contributed by atoms with van der Waals surface area (Å²) in [4.78, 5) is 4.91. The van der Waals surface area contributed by atoms with Crippen LogP contribution in [0, 0.1) is 0 Å². The largest absolute Gasteiger partial charge is 0.457 e. The molecule has 1 fully saturated rings. The van der Waals surface area contributed by atoms with Crippen molar-refractivity contribution in [2.75, 3.05) is 46.6 Å². The van der Waals surface area contributed by atoms with Crippen molar-refractivity contribution < 1.29 is 9.47 Å². The molecule has 2 heterocycles. The quantitative estimate of drug-likeness (QED) is 0.794. The Kier molecular flexibility index (Phi) is 5.67. The maximum atomic E-state index is 6.31. The summed E-state index contributed by atoms with van der Waals surface area (Å²) in [5.74, 6) is 1.65. The van der Waals surface area contributed by atoms with Crippen molar-refractivity contribution in [1.29, 1.82) is 0 Å². The van der Waals surface area contributed by atoms with E-state index in [0.29, 0.717) is 5.02 Å². The first-order chi connectivity index (χ1) is 13.2. The van der Waals surface area contributed by atoms with Crippen LogP contribution in [0.25, 0.3) is 5.57 Å². The minimum atomic E-state index is 0.195. The van der Waals surface area contributed by atoms with E-state index in [2.05, 4.69) is 29.0 Å². The van der Waals surface area contributed by atoms with Gasteiger partial charge in [0.25, 0.3) is 0 Å². The Bertz CT molecular complexity index is 829. The fraction of sp³-hybridized carbons (Fsp3) is 0.364. The molecule has 0 aliphatic carbocycles. The number of ether oxygens (including phenoxy) is 2. The number of halogens is 1. The minimum absolute atomic E-state index is 0.195. The average molecular weight is 385 g/mol. The number of para-hydroxylation sites is 1. The molecular formula is C22H25ClN2O2. The van der Waals surface area contributed by atoms with Gasteiger partial charge in [-0.05, 0) is 43.3 Å². The molecule has 2 aromatic rings. The summed E-state index contributed by atoms with van der Waals surface area (Å²) in [5.41, 5.74) is 3.23. The van der Waals surface area contributed by atoms with Crippen molar-refractivity contribution in [3.8, 4) is 11.5 Å². The molecule has 0 radical (unpaired) electrons. The predicted molar refractivity (Wildman–Crippen MR) is 110 cm³/mol. The number of benzene rings is 2. The van der Waals surface area contributed by atoms with Crippen LogP contribution in [0.4, 0.5) is 0 Å². The zero-order valence-corrected chi connectivity index (χ0v) is 16.4. The van der Waals surface area contributed by atoms with Gasteiger partial charge in [0.15, 0.2) is 0 Å². The Balaban J connectivity index is 1.64. The van der Waals surface area contributed by atoms with Crippen molar-refractivity contribution in [2.24, 2.45) is 0 Å². The number of hydrogen-bond donors (Lipinski definition) is 0. The number of fused-ring (bicyclic) bond motifs is 2. The Hall–Kier alpha value is -2.01. The van der Waals surface area contributed by atoms with E-state index in [1.165, 1.54) is 0 Å². The van der Waals surface area contributed by atoms with Gasteiger partial charge in [-0.2, -0.15) is 0 Å². The van der Waals surface area contributed by atoms with Crippen LogP contribution in [-0.2, 0) is 0 Å². The van der Waals surface area contributed by atoms with E-state index in [1.807, 2.05) is 36.4 Å². The first-order valence-corrected chi connectivity index (χ1v) is 9.84. The topological polar surface area (TPSA) is 24.9 Å². The van der Waals surface area contributed by atoms with E-state index in [0.717, 1.165) is 67.3 Å². The molecule has 0 aromatic heterocycles. The van der Waals surface area contributed by atoms with Gasteiger partial charge in [-0.25, -0.2) is 0 Å². The van der Waals surface area contributed by atoms with E-state index in [4.69, 9.17) is 21.1 Å². The highest BCUT2D eigenvalue weighted by atomic mass is 35.5. The number of nitrogens with zero attached hydrogens (tertiary/aromatic N) is 2. The smallest absolute Gasteiger partial charge is 0.230 e. The lowest BCUT2D eigenvalue weighted by Crippen LogP contribution is -2.44. The summed E-state index contributed by atoms with van der Waals surface area (Å²) in [7, 11) is 2.19. The molecule has 0 bridgehead atoms. The van der Waals surface area contributed by atoms with Crippen molar-refractivity contribution in [3.05, 3.63) is 64.7 Å². The zero-order chi connectivity index (χ0) is 18.6. The van der Waals surface area contributed by atoms with Crippen molar-refractivity contribution in [2.45, 2.75) is 6.42 Å². The van der Waals surface area contributed by atoms with Gasteiger partial charge in [0.2, 0.25) is 6.79 Å². The van der Waals surface area contributed by atoms with Crippen LogP contribution in [-0.4, -0.2) is 56.4 Å². The lowest BCUT2D eigenvalue weighted by atomic mass is 9.95. The standard InChI is InChI=1S/C22H25ClN2O2/c1-24-11-13-25(14-12-24)10-4-6-18-19-5-2-3-7-21(19)26-16-27-22-9-8-17(23)15-20(18)22/h2-3,5-9,15H,4,10-14,16H2,1H3/b18-6-. The van der Waals surface area contributed by atoms with Gasteiger partial charge in [-0.1, -0.05) is 35.9 Å². The SMILES string of the molecule is CN1CCN(CC/C=C2/c3ccccc3OCOc3ccc(Cl)cc32)CC1. The second-order valence-corrected chi connectivity index (χ2v) is 7.53. The summed E-state index contributed by atoms with van der Waals surface area (Å²) in [6.07, 6.45) is 3.27. The third kappa shape index (κ3) is 4.29. The Labute approximate surface area is 165 Å². The van der Waals surface area contributed by atoms with E-state index in [9.17, 15) is 0 Å². The Morgan fingerprint density at radius 1 is 0.963 bits per heavy atom. The van der Waals surface area contributed by atoms with Crippen LogP contribution in [0.1, 0.15) is 17.5 Å². The van der Waals surface area contributed by atoms with Crippen LogP contribution in [0.15, 0.2) is 48.5 Å². The highest BCUT2D eigenvalue weighted by molar-refractivity contribution is 6.30. The van der Waals surface area contributed by atoms with E-state index >= 15 is 0 Å². The molecule has 0 atom stereocenters. The third-order valence-electron chi connectivity index (χ3n) is 5.23. The molecule has 0 saturated carbocycles. The molecular weight excluding hydrogens is 360 g/mol. The van der Waals surface area contributed by atoms with Gasteiger partial charge in [-0.15, -0.1) is 0 Å². The van der Waals surface area contributed by atoms with Gasteiger partial charge in [0.05, 0.1) is 0 Å². The molecule has 0 amide bonds. The molecule has 2 aliphatic rings. The number of likely N-dealkylation sites (N-methyl/N-ethyl adjacent to an activating group) is 1. The van der Waals surface area contributed by atoms with E-state index in [1.54, 1.807) is 0 Å². The molecule has 0 unspecified atom stereocenters. The summed E-state index contributed by atoms with van der Waals surface area (Å²) in [5, 5.41) is 0.710. The number of hydrogen-bond acceptors (Lipinski definition) is 4. The molecule has 1 saturated heterocycles. The Morgan fingerprint density at radius 2 is 1.70 bits per heavy atom.